The minimum atomic E-state index is -0.0384. The Morgan fingerprint density at radius 1 is 1.45 bits per heavy atom. The molecule has 22 heavy (non-hydrogen) atoms. The van der Waals surface area contributed by atoms with E-state index < -0.39 is 0 Å². The number of aryl methyl sites for hydroxylation is 1. The first-order valence-corrected chi connectivity index (χ1v) is 8.36. The molecule has 0 aromatic carbocycles. The van der Waals surface area contributed by atoms with Crippen LogP contribution >= 0.6 is 11.3 Å². The molecule has 2 rings (SSSR count). The monoisotopic (exact) mass is 321 g/mol. The third-order valence-corrected chi connectivity index (χ3v) is 4.16. The summed E-state index contributed by atoms with van der Waals surface area (Å²) in [5.74, 6) is 2.06. The fourth-order valence-electron chi connectivity index (χ4n) is 2.28. The van der Waals surface area contributed by atoms with Crippen LogP contribution < -0.4 is 11.1 Å². The van der Waals surface area contributed by atoms with E-state index in [2.05, 4.69) is 24.1 Å². The van der Waals surface area contributed by atoms with Gasteiger partial charge in [0.15, 0.2) is 10.8 Å². The van der Waals surface area contributed by atoms with Gasteiger partial charge in [-0.25, -0.2) is 4.98 Å². The summed E-state index contributed by atoms with van der Waals surface area (Å²) in [5.41, 5.74) is 6.46. The van der Waals surface area contributed by atoms with Gasteiger partial charge in [0.1, 0.15) is 5.76 Å². The minimum Gasteiger partial charge on any atom is -0.459 e. The standard InChI is InChI=1S/C16H23N3O2S/c1-10(2)6-12(8-17)18-15(20)7-13-9-22-16(19-13)14-5-4-11(3)21-14/h4-5,9-10,12H,6-8,17H2,1-3H3,(H,18,20). The molecule has 0 fully saturated rings. The number of carbonyl (C=O) groups excluding carboxylic acids is 1. The maximum absolute atomic E-state index is 12.1. The third-order valence-electron chi connectivity index (χ3n) is 3.25. The van der Waals surface area contributed by atoms with Crippen molar-refractivity contribution in [2.75, 3.05) is 6.54 Å². The van der Waals surface area contributed by atoms with E-state index in [9.17, 15) is 4.79 Å². The molecule has 3 N–H and O–H groups in total. The summed E-state index contributed by atoms with van der Waals surface area (Å²) < 4.78 is 5.54. The molecule has 120 valence electrons. The summed E-state index contributed by atoms with van der Waals surface area (Å²) in [6.07, 6.45) is 1.15. The van der Waals surface area contributed by atoms with Gasteiger partial charge in [-0.2, -0.15) is 0 Å². The molecule has 2 aromatic heterocycles. The van der Waals surface area contributed by atoms with Crippen molar-refractivity contribution in [2.45, 2.75) is 39.7 Å². The zero-order valence-corrected chi connectivity index (χ0v) is 14.1. The Labute approximate surface area is 134 Å². The Hall–Kier alpha value is -1.66. The van der Waals surface area contributed by atoms with E-state index >= 15 is 0 Å². The molecule has 5 nitrogen and oxygen atoms in total. The molecule has 6 heteroatoms. The number of nitrogens with one attached hydrogen (secondary N) is 1. The molecule has 0 aliphatic heterocycles. The van der Waals surface area contributed by atoms with Gasteiger partial charge in [0, 0.05) is 18.0 Å². The summed E-state index contributed by atoms with van der Waals surface area (Å²) >= 11 is 1.48. The molecule has 2 aromatic rings. The van der Waals surface area contributed by atoms with Gasteiger partial charge < -0.3 is 15.5 Å². The van der Waals surface area contributed by atoms with Crippen LogP contribution in [0.3, 0.4) is 0 Å². The number of nitrogens with two attached hydrogens (primary N) is 1. The lowest BCUT2D eigenvalue weighted by molar-refractivity contribution is -0.121. The van der Waals surface area contributed by atoms with Crippen molar-refractivity contribution < 1.29 is 9.21 Å². The quantitative estimate of drug-likeness (QED) is 0.821. The second-order valence-electron chi connectivity index (χ2n) is 5.86. The lowest BCUT2D eigenvalue weighted by Gasteiger charge is -2.18. The Balaban J connectivity index is 1.93. The second-order valence-corrected chi connectivity index (χ2v) is 6.72. The maximum atomic E-state index is 12.1. The number of hydrogen-bond acceptors (Lipinski definition) is 5. The molecule has 0 saturated heterocycles. The normalized spacial score (nSPS) is 12.6. The molecule has 0 bridgehead atoms. The van der Waals surface area contributed by atoms with Crippen LogP contribution in [0.1, 0.15) is 31.7 Å². The van der Waals surface area contributed by atoms with Gasteiger partial charge in [0.25, 0.3) is 0 Å². The van der Waals surface area contributed by atoms with Crippen LogP contribution in [-0.4, -0.2) is 23.5 Å². The summed E-state index contributed by atoms with van der Waals surface area (Å²) in [6.45, 7) is 6.59. The van der Waals surface area contributed by atoms with E-state index in [0.717, 1.165) is 28.6 Å². The molecule has 0 saturated carbocycles. The number of furan rings is 1. The van der Waals surface area contributed by atoms with Crippen molar-refractivity contribution in [3.8, 4) is 10.8 Å². The van der Waals surface area contributed by atoms with Crippen LogP contribution in [0.2, 0.25) is 0 Å². The van der Waals surface area contributed by atoms with Crippen LogP contribution in [0.25, 0.3) is 10.8 Å². The largest absolute Gasteiger partial charge is 0.459 e. The van der Waals surface area contributed by atoms with Crippen molar-refractivity contribution in [1.82, 2.24) is 10.3 Å². The van der Waals surface area contributed by atoms with Crippen LogP contribution in [0.15, 0.2) is 21.9 Å². The highest BCUT2D eigenvalue weighted by Crippen LogP contribution is 2.25. The number of rotatable bonds is 7. The molecule has 0 aliphatic rings. The molecule has 0 spiro atoms. The van der Waals surface area contributed by atoms with Gasteiger partial charge in [-0.15, -0.1) is 11.3 Å². The fraction of sp³-hybridized carbons (Fsp3) is 0.500. The number of thiazole rings is 1. The van der Waals surface area contributed by atoms with Crippen LogP contribution in [0.5, 0.6) is 0 Å². The van der Waals surface area contributed by atoms with Crippen LogP contribution in [0, 0.1) is 12.8 Å². The van der Waals surface area contributed by atoms with E-state index in [1.54, 1.807) is 0 Å². The number of aromatic nitrogens is 1. The van der Waals surface area contributed by atoms with Gasteiger partial charge in [-0.3, -0.25) is 4.79 Å². The zero-order chi connectivity index (χ0) is 16.1. The zero-order valence-electron chi connectivity index (χ0n) is 13.3. The van der Waals surface area contributed by atoms with Gasteiger partial charge in [-0.1, -0.05) is 13.8 Å². The first-order valence-electron chi connectivity index (χ1n) is 7.48. The summed E-state index contributed by atoms with van der Waals surface area (Å²) in [7, 11) is 0. The fourth-order valence-corrected chi connectivity index (χ4v) is 3.06. The highest BCUT2D eigenvalue weighted by molar-refractivity contribution is 7.13. The van der Waals surface area contributed by atoms with Crippen molar-refractivity contribution >= 4 is 17.2 Å². The molecular weight excluding hydrogens is 298 g/mol. The van der Waals surface area contributed by atoms with Crippen molar-refractivity contribution in [3.63, 3.8) is 0 Å². The van der Waals surface area contributed by atoms with Gasteiger partial charge in [0.2, 0.25) is 5.91 Å². The minimum absolute atomic E-state index is 0.0262. The predicted molar refractivity (Wildman–Crippen MR) is 88.7 cm³/mol. The number of amides is 1. The first-order chi connectivity index (χ1) is 10.5. The Morgan fingerprint density at radius 2 is 2.23 bits per heavy atom. The highest BCUT2D eigenvalue weighted by Gasteiger charge is 2.15. The SMILES string of the molecule is Cc1ccc(-c2nc(CC(=O)NC(CN)CC(C)C)cs2)o1. The molecule has 2 heterocycles. The lowest BCUT2D eigenvalue weighted by atomic mass is 10.0. The maximum Gasteiger partial charge on any atom is 0.226 e. The van der Waals surface area contributed by atoms with Crippen molar-refractivity contribution in [2.24, 2.45) is 11.7 Å². The molecule has 0 radical (unpaired) electrons. The molecule has 1 amide bonds. The van der Waals surface area contributed by atoms with Gasteiger partial charge in [0.05, 0.1) is 12.1 Å². The second kappa shape index (κ2) is 7.56. The average Bonchev–Trinajstić information content (AvgIpc) is 3.06. The molecular formula is C16H23N3O2S. The summed E-state index contributed by atoms with van der Waals surface area (Å²) in [4.78, 5) is 16.5. The molecule has 0 aliphatic carbocycles. The number of hydrogen-bond donors (Lipinski definition) is 2. The van der Waals surface area contributed by atoms with Gasteiger partial charge in [-0.05, 0) is 31.4 Å². The van der Waals surface area contributed by atoms with Crippen molar-refractivity contribution in [3.05, 3.63) is 29.0 Å². The molecule has 1 atom stereocenters. The lowest BCUT2D eigenvalue weighted by Crippen LogP contribution is -2.41. The Morgan fingerprint density at radius 3 is 2.82 bits per heavy atom. The van der Waals surface area contributed by atoms with Crippen LogP contribution in [-0.2, 0) is 11.2 Å². The Bertz CT molecular complexity index is 618. The van der Waals surface area contributed by atoms with Crippen LogP contribution in [0.4, 0.5) is 0 Å². The summed E-state index contributed by atoms with van der Waals surface area (Å²) in [6, 6.07) is 3.82. The third kappa shape index (κ3) is 4.68. The van der Waals surface area contributed by atoms with E-state index in [1.807, 2.05) is 24.4 Å². The van der Waals surface area contributed by atoms with Crippen molar-refractivity contribution in [1.29, 1.82) is 0 Å². The smallest absolute Gasteiger partial charge is 0.226 e. The Kier molecular flexibility index (Phi) is 5.74. The highest BCUT2D eigenvalue weighted by atomic mass is 32.1. The average molecular weight is 321 g/mol. The van der Waals surface area contributed by atoms with E-state index in [4.69, 9.17) is 10.2 Å². The van der Waals surface area contributed by atoms with E-state index in [1.165, 1.54) is 11.3 Å². The van der Waals surface area contributed by atoms with Gasteiger partial charge >= 0.3 is 0 Å². The predicted octanol–water partition coefficient (Wildman–Crippen LogP) is 2.74. The van der Waals surface area contributed by atoms with E-state index in [-0.39, 0.29) is 18.4 Å². The first kappa shape index (κ1) is 16.7. The van der Waals surface area contributed by atoms with E-state index in [0.29, 0.717) is 12.5 Å². The topological polar surface area (TPSA) is 81.2 Å². The number of nitrogens with zero attached hydrogens (tertiary/aromatic N) is 1. The summed E-state index contributed by atoms with van der Waals surface area (Å²) in [5, 5.41) is 5.67. The molecule has 1 unspecified atom stereocenters. The number of carbonyl (C=O) groups is 1.